The lowest BCUT2D eigenvalue weighted by Gasteiger charge is -2.28. The second-order valence-electron chi connectivity index (χ2n) is 5.22. The number of rotatable bonds is 3. The first-order chi connectivity index (χ1) is 11.0. The van der Waals surface area contributed by atoms with Crippen LogP contribution in [-0.4, -0.2) is 24.1 Å². The van der Waals surface area contributed by atoms with E-state index in [1.165, 1.54) is 13.2 Å². The maximum atomic E-state index is 9.73. The van der Waals surface area contributed by atoms with Gasteiger partial charge in [-0.3, -0.25) is 4.99 Å². The summed E-state index contributed by atoms with van der Waals surface area (Å²) >= 11 is 0. The molecule has 7 nitrogen and oxygen atoms in total. The van der Waals surface area contributed by atoms with E-state index in [2.05, 4.69) is 15.6 Å². The fourth-order valence-corrected chi connectivity index (χ4v) is 2.22. The Morgan fingerprint density at radius 2 is 1.96 bits per heavy atom. The number of allylic oxidation sites excluding steroid dienone is 2. The van der Waals surface area contributed by atoms with E-state index < -0.39 is 6.04 Å². The van der Waals surface area contributed by atoms with Crippen LogP contribution in [-0.2, 0) is 0 Å². The highest BCUT2D eigenvalue weighted by atomic mass is 16.5. The molecule has 118 valence electrons. The number of ether oxygens (including phenoxy) is 1. The zero-order valence-electron chi connectivity index (χ0n) is 13.1. The summed E-state index contributed by atoms with van der Waals surface area (Å²) in [5, 5.41) is 34.0. The van der Waals surface area contributed by atoms with Gasteiger partial charge in [0.1, 0.15) is 29.7 Å². The standard InChI is InChI=1S/C16H17N5O2/c1-9(2)19-16-15(20-11(7-17)12(8-18)21-16)10-4-5-13(22)14(6-10)23-3/h4-6,9,15,20,22H,1-3H3,(H,19,21). The lowest BCUT2D eigenvalue weighted by molar-refractivity contribution is 0.372. The Kier molecular flexibility index (Phi) is 4.72. The SMILES string of the molecule is COc1cc(C2NC(C#N)=C(C#N)NC2=NC(C)C)ccc1O. The lowest BCUT2D eigenvalue weighted by Crippen LogP contribution is -2.43. The van der Waals surface area contributed by atoms with Crippen LogP contribution < -0.4 is 15.4 Å². The van der Waals surface area contributed by atoms with E-state index in [-0.39, 0.29) is 23.2 Å². The van der Waals surface area contributed by atoms with Gasteiger partial charge in [-0.1, -0.05) is 6.07 Å². The van der Waals surface area contributed by atoms with Crippen molar-refractivity contribution < 1.29 is 9.84 Å². The second-order valence-corrected chi connectivity index (χ2v) is 5.22. The lowest BCUT2D eigenvalue weighted by atomic mass is 10.0. The molecule has 1 atom stereocenters. The molecule has 0 fully saturated rings. The number of hydrogen-bond acceptors (Lipinski definition) is 6. The summed E-state index contributed by atoms with van der Waals surface area (Å²) in [4.78, 5) is 4.48. The number of hydrogen-bond donors (Lipinski definition) is 3. The van der Waals surface area contributed by atoms with Crippen LogP contribution in [0.4, 0.5) is 0 Å². The van der Waals surface area contributed by atoms with Gasteiger partial charge in [-0.15, -0.1) is 0 Å². The van der Waals surface area contributed by atoms with Crippen molar-refractivity contribution >= 4 is 5.84 Å². The molecule has 0 saturated heterocycles. The van der Waals surface area contributed by atoms with Crippen molar-refractivity contribution in [1.29, 1.82) is 10.5 Å². The number of nitrogens with zero attached hydrogens (tertiary/aromatic N) is 3. The summed E-state index contributed by atoms with van der Waals surface area (Å²) in [5.74, 6) is 0.876. The maximum Gasteiger partial charge on any atom is 0.160 e. The van der Waals surface area contributed by atoms with E-state index in [1.807, 2.05) is 26.0 Å². The van der Waals surface area contributed by atoms with Crippen molar-refractivity contribution in [2.75, 3.05) is 7.11 Å². The van der Waals surface area contributed by atoms with Crippen molar-refractivity contribution in [2.24, 2.45) is 4.99 Å². The van der Waals surface area contributed by atoms with Gasteiger partial charge in [0.25, 0.3) is 0 Å². The molecule has 0 aliphatic carbocycles. The van der Waals surface area contributed by atoms with Crippen molar-refractivity contribution in [3.05, 3.63) is 35.2 Å². The minimum atomic E-state index is -0.446. The van der Waals surface area contributed by atoms with Crippen molar-refractivity contribution in [3.63, 3.8) is 0 Å². The first kappa shape index (κ1) is 16.2. The molecule has 0 spiro atoms. The zero-order chi connectivity index (χ0) is 17.0. The number of aromatic hydroxyl groups is 1. The van der Waals surface area contributed by atoms with Gasteiger partial charge in [-0.2, -0.15) is 10.5 Å². The van der Waals surface area contributed by atoms with Gasteiger partial charge < -0.3 is 20.5 Å². The Labute approximate surface area is 134 Å². The minimum Gasteiger partial charge on any atom is -0.504 e. The quantitative estimate of drug-likeness (QED) is 0.783. The summed E-state index contributed by atoms with van der Waals surface area (Å²) in [6.45, 7) is 3.83. The van der Waals surface area contributed by atoms with Crippen LogP contribution in [0.25, 0.3) is 0 Å². The van der Waals surface area contributed by atoms with Gasteiger partial charge in [0.05, 0.1) is 7.11 Å². The summed E-state index contributed by atoms with van der Waals surface area (Å²) in [6, 6.07) is 8.36. The third-order valence-corrected chi connectivity index (χ3v) is 3.22. The molecule has 2 rings (SSSR count). The Morgan fingerprint density at radius 3 is 2.52 bits per heavy atom. The number of aliphatic imine (C=N–C) groups is 1. The summed E-state index contributed by atoms with van der Waals surface area (Å²) in [5.41, 5.74) is 1.03. The molecule has 1 aromatic rings. The third-order valence-electron chi connectivity index (χ3n) is 3.22. The fraction of sp³-hybridized carbons (Fsp3) is 0.312. The fourth-order valence-electron chi connectivity index (χ4n) is 2.22. The predicted molar refractivity (Wildman–Crippen MR) is 84.5 cm³/mol. The number of nitriles is 2. The molecule has 1 aliphatic rings. The second kappa shape index (κ2) is 6.71. The molecular formula is C16H17N5O2. The van der Waals surface area contributed by atoms with Crippen LogP contribution in [0.2, 0.25) is 0 Å². The van der Waals surface area contributed by atoms with E-state index in [0.717, 1.165) is 5.56 Å². The molecule has 1 unspecified atom stereocenters. The number of methoxy groups -OCH3 is 1. The van der Waals surface area contributed by atoms with E-state index >= 15 is 0 Å². The highest BCUT2D eigenvalue weighted by Gasteiger charge is 2.28. The topological polar surface area (TPSA) is 113 Å². The Hall–Kier alpha value is -3.19. The van der Waals surface area contributed by atoms with Crippen molar-refractivity contribution in [1.82, 2.24) is 10.6 Å². The van der Waals surface area contributed by atoms with Crippen LogP contribution in [0.5, 0.6) is 11.5 Å². The molecule has 1 aliphatic heterocycles. The van der Waals surface area contributed by atoms with Gasteiger partial charge in [-0.25, -0.2) is 0 Å². The number of phenolic OH excluding ortho intramolecular Hbond substituents is 1. The van der Waals surface area contributed by atoms with E-state index in [0.29, 0.717) is 11.6 Å². The molecule has 0 saturated carbocycles. The molecule has 0 aromatic heterocycles. The first-order valence-electron chi connectivity index (χ1n) is 7.02. The third kappa shape index (κ3) is 3.35. The Morgan fingerprint density at radius 1 is 1.26 bits per heavy atom. The van der Waals surface area contributed by atoms with Crippen LogP contribution in [0.15, 0.2) is 34.6 Å². The van der Waals surface area contributed by atoms with E-state index in [9.17, 15) is 10.4 Å². The summed E-state index contributed by atoms with van der Waals surface area (Å²) in [7, 11) is 1.46. The molecule has 23 heavy (non-hydrogen) atoms. The predicted octanol–water partition coefficient (Wildman–Crippen LogP) is 1.70. The number of amidine groups is 1. The first-order valence-corrected chi connectivity index (χ1v) is 7.02. The average Bonchev–Trinajstić information content (AvgIpc) is 2.54. The highest BCUT2D eigenvalue weighted by Crippen LogP contribution is 2.30. The average molecular weight is 311 g/mol. The molecule has 1 heterocycles. The van der Waals surface area contributed by atoms with E-state index in [1.54, 1.807) is 12.1 Å². The molecule has 0 bridgehead atoms. The molecule has 0 amide bonds. The van der Waals surface area contributed by atoms with Crippen LogP contribution in [0.1, 0.15) is 25.5 Å². The number of phenols is 1. The van der Waals surface area contributed by atoms with Gasteiger partial charge in [0.15, 0.2) is 17.2 Å². The number of benzene rings is 1. The van der Waals surface area contributed by atoms with Gasteiger partial charge in [0, 0.05) is 6.04 Å². The monoisotopic (exact) mass is 311 g/mol. The van der Waals surface area contributed by atoms with Gasteiger partial charge in [-0.05, 0) is 31.5 Å². The van der Waals surface area contributed by atoms with Crippen molar-refractivity contribution in [3.8, 4) is 23.6 Å². The van der Waals surface area contributed by atoms with E-state index in [4.69, 9.17) is 10.00 Å². The minimum absolute atomic E-state index is 0.00406. The molecule has 0 radical (unpaired) electrons. The summed E-state index contributed by atoms with van der Waals surface area (Å²) < 4.78 is 5.12. The highest BCUT2D eigenvalue weighted by molar-refractivity contribution is 5.92. The molecule has 1 aromatic carbocycles. The number of nitrogens with one attached hydrogen (secondary N) is 2. The smallest absolute Gasteiger partial charge is 0.160 e. The molecule has 7 heteroatoms. The molecule has 3 N–H and O–H groups in total. The maximum absolute atomic E-state index is 9.73. The van der Waals surface area contributed by atoms with Crippen molar-refractivity contribution in [2.45, 2.75) is 25.9 Å². The molecular weight excluding hydrogens is 294 g/mol. The largest absolute Gasteiger partial charge is 0.504 e. The van der Waals surface area contributed by atoms with Gasteiger partial charge in [0.2, 0.25) is 0 Å². The normalized spacial score (nSPS) is 18.9. The van der Waals surface area contributed by atoms with Gasteiger partial charge >= 0.3 is 0 Å². The Balaban J connectivity index is 2.52. The van der Waals surface area contributed by atoms with Crippen LogP contribution in [0, 0.1) is 22.7 Å². The Bertz CT molecular complexity index is 753. The summed E-state index contributed by atoms with van der Waals surface area (Å²) in [6.07, 6.45) is 0. The van der Waals surface area contributed by atoms with Crippen LogP contribution in [0.3, 0.4) is 0 Å². The zero-order valence-corrected chi connectivity index (χ0v) is 13.1. The van der Waals surface area contributed by atoms with Crippen LogP contribution >= 0.6 is 0 Å².